The predicted molar refractivity (Wildman–Crippen MR) is 105 cm³/mol. The highest BCUT2D eigenvalue weighted by molar-refractivity contribution is 7.92. The lowest BCUT2D eigenvalue weighted by molar-refractivity contribution is -0.125. The summed E-state index contributed by atoms with van der Waals surface area (Å²) < 4.78 is 32.6. The summed E-state index contributed by atoms with van der Waals surface area (Å²) in [4.78, 5) is 23.9. The normalized spacial score (nSPS) is 12.0. The number of nitrogens with one attached hydrogen (secondary N) is 3. The first-order chi connectivity index (χ1) is 13.3. The van der Waals surface area contributed by atoms with Crippen LogP contribution in [0.4, 0.5) is 5.69 Å². The molecule has 0 bridgehead atoms. The third-order valence-electron chi connectivity index (χ3n) is 4.11. The van der Waals surface area contributed by atoms with Gasteiger partial charge in [0.05, 0.1) is 12.0 Å². The summed E-state index contributed by atoms with van der Waals surface area (Å²) in [5.74, 6) is -0.583. The molecule has 0 saturated carbocycles. The van der Waals surface area contributed by atoms with Gasteiger partial charge in [-0.2, -0.15) is 0 Å². The molecule has 150 valence electrons. The molecule has 28 heavy (non-hydrogen) atoms. The van der Waals surface area contributed by atoms with Crippen molar-refractivity contribution < 1.29 is 22.7 Å². The van der Waals surface area contributed by atoms with E-state index < -0.39 is 15.9 Å². The Labute approximate surface area is 164 Å². The van der Waals surface area contributed by atoms with Gasteiger partial charge in [0, 0.05) is 17.2 Å². The second-order valence-corrected chi connectivity index (χ2v) is 7.80. The van der Waals surface area contributed by atoms with Gasteiger partial charge in [0.15, 0.2) is 0 Å². The van der Waals surface area contributed by atoms with E-state index in [1.807, 2.05) is 6.92 Å². The molecular weight excluding hydrogens is 382 g/mol. The number of methoxy groups -OCH3 is 1. The van der Waals surface area contributed by atoms with Crippen LogP contribution < -0.4 is 20.3 Å². The zero-order valence-corrected chi connectivity index (χ0v) is 16.7. The van der Waals surface area contributed by atoms with E-state index in [0.29, 0.717) is 17.9 Å². The van der Waals surface area contributed by atoms with E-state index in [9.17, 15) is 18.0 Å². The van der Waals surface area contributed by atoms with Crippen molar-refractivity contribution in [3.8, 4) is 5.75 Å². The second-order valence-electron chi connectivity index (χ2n) is 6.11. The van der Waals surface area contributed by atoms with Gasteiger partial charge in [0.2, 0.25) is 5.91 Å². The molecule has 8 nitrogen and oxygen atoms in total. The summed E-state index contributed by atoms with van der Waals surface area (Å²) in [5, 5.41) is 0. The van der Waals surface area contributed by atoms with Gasteiger partial charge in [-0.05, 0) is 48.9 Å². The molecule has 0 spiro atoms. The van der Waals surface area contributed by atoms with E-state index in [1.165, 1.54) is 31.4 Å². The lowest BCUT2D eigenvalue weighted by Crippen LogP contribution is -2.44. The molecular formula is C19H23N3O5S. The molecule has 0 radical (unpaired) electrons. The largest absolute Gasteiger partial charge is 0.497 e. The van der Waals surface area contributed by atoms with Gasteiger partial charge in [0.25, 0.3) is 15.9 Å². The molecule has 0 fully saturated rings. The number of hydrazine groups is 1. The summed E-state index contributed by atoms with van der Waals surface area (Å²) in [6.07, 6.45) is 0.631. The van der Waals surface area contributed by atoms with Crippen LogP contribution in [-0.4, -0.2) is 27.3 Å². The van der Waals surface area contributed by atoms with Crippen LogP contribution in [0.2, 0.25) is 0 Å². The Bertz CT molecular complexity index is 942. The maximum Gasteiger partial charge on any atom is 0.269 e. The average molecular weight is 405 g/mol. The van der Waals surface area contributed by atoms with Crippen molar-refractivity contribution in [1.29, 1.82) is 0 Å². The molecule has 9 heteroatoms. The molecule has 1 atom stereocenters. The van der Waals surface area contributed by atoms with Crippen LogP contribution in [0, 0.1) is 5.92 Å². The van der Waals surface area contributed by atoms with Crippen molar-refractivity contribution in [2.24, 2.45) is 5.92 Å². The van der Waals surface area contributed by atoms with Crippen molar-refractivity contribution in [2.45, 2.75) is 25.2 Å². The fourth-order valence-electron chi connectivity index (χ4n) is 2.18. The van der Waals surface area contributed by atoms with Crippen molar-refractivity contribution in [3.05, 3.63) is 54.1 Å². The molecule has 0 aromatic heterocycles. The Morgan fingerprint density at radius 3 is 2.36 bits per heavy atom. The van der Waals surface area contributed by atoms with Gasteiger partial charge >= 0.3 is 0 Å². The number of carbonyl (C=O) groups is 2. The zero-order valence-electron chi connectivity index (χ0n) is 15.9. The zero-order chi connectivity index (χ0) is 20.7. The molecule has 0 heterocycles. The molecule has 3 N–H and O–H groups in total. The van der Waals surface area contributed by atoms with Crippen LogP contribution >= 0.6 is 0 Å². The number of ether oxygens (including phenoxy) is 1. The number of benzene rings is 2. The minimum Gasteiger partial charge on any atom is -0.497 e. The van der Waals surface area contributed by atoms with Gasteiger partial charge < -0.3 is 4.74 Å². The third-order valence-corrected chi connectivity index (χ3v) is 5.49. The first-order valence-electron chi connectivity index (χ1n) is 8.64. The number of hydrogen-bond acceptors (Lipinski definition) is 5. The Morgan fingerprint density at radius 2 is 1.75 bits per heavy atom. The van der Waals surface area contributed by atoms with Gasteiger partial charge in [0.1, 0.15) is 5.75 Å². The Balaban J connectivity index is 2.11. The monoisotopic (exact) mass is 405 g/mol. The molecule has 0 aliphatic heterocycles. The van der Waals surface area contributed by atoms with Gasteiger partial charge in [-0.25, -0.2) is 8.42 Å². The summed E-state index contributed by atoms with van der Waals surface area (Å²) in [5.41, 5.74) is 5.07. The fourth-order valence-corrected chi connectivity index (χ4v) is 3.28. The molecule has 2 aromatic rings. The number of hydrogen-bond donors (Lipinski definition) is 3. The van der Waals surface area contributed by atoms with Crippen LogP contribution in [0.3, 0.4) is 0 Å². The fraction of sp³-hybridized carbons (Fsp3) is 0.263. The minimum absolute atomic E-state index is 0.0794. The molecule has 1 unspecified atom stereocenters. The number of carbonyl (C=O) groups excluding carboxylic acids is 2. The highest BCUT2D eigenvalue weighted by Gasteiger charge is 2.17. The van der Waals surface area contributed by atoms with Crippen LogP contribution in [0.1, 0.15) is 30.6 Å². The average Bonchev–Trinajstić information content (AvgIpc) is 2.71. The maximum absolute atomic E-state index is 12.6. The first-order valence-corrected chi connectivity index (χ1v) is 10.1. The van der Waals surface area contributed by atoms with Crippen molar-refractivity contribution >= 4 is 27.5 Å². The minimum atomic E-state index is -3.90. The van der Waals surface area contributed by atoms with Crippen molar-refractivity contribution in [2.75, 3.05) is 11.8 Å². The summed E-state index contributed by atoms with van der Waals surface area (Å²) in [6, 6.07) is 11.9. The molecule has 2 aromatic carbocycles. The standard InChI is InChI=1S/C19H23N3O5S/c1-4-13(2)18(23)20-21-19(24)14-6-5-7-17(12-14)28(25,26)22-15-8-10-16(27-3)11-9-15/h5-13,22H,4H2,1-3H3,(H,20,23)(H,21,24). The van der Waals surface area contributed by atoms with Crippen LogP contribution in [0.25, 0.3) is 0 Å². The third kappa shape index (κ3) is 5.46. The van der Waals surface area contributed by atoms with Crippen LogP contribution in [0.5, 0.6) is 5.75 Å². The quantitative estimate of drug-likeness (QED) is 0.612. The van der Waals surface area contributed by atoms with Gasteiger partial charge in [-0.1, -0.05) is 19.9 Å². The Kier molecular flexibility index (Phi) is 7.00. The smallest absolute Gasteiger partial charge is 0.269 e. The van der Waals surface area contributed by atoms with Crippen molar-refractivity contribution in [3.63, 3.8) is 0 Å². The number of rotatable bonds is 7. The summed E-state index contributed by atoms with van der Waals surface area (Å²) in [7, 11) is -2.38. The van der Waals surface area contributed by atoms with E-state index in [0.717, 1.165) is 0 Å². The number of amides is 2. The highest BCUT2D eigenvalue weighted by Crippen LogP contribution is 2.20. The van der Waals surface area contributed by atoms with E-state index in [1.54, 1.807) is 31.2 Å². The molecule has 0 aliphatic rings. The topological polar surface area (TPSA) is 114 Å². The van der Waals surface area contributed by atoms with E-state index >= 15 is 0 Å². The van der Waals surface area contributed by atoms with Crippen LogP contribution in [0.15, 0.2) is 53.4 Å². The van der Waals surface area contributed by atoms with Crippen LogP contribution in [-0.2, 0) is 14.8 Å². The lowest BCUT2D eigenvalue weighted by atomic mass is 10.1. The number of anilines is 1. The molecule has 0 aliphatic carbocycles. The van der Waals surface area contributed by atoms with Gasteiger partial charge in [-0.15, -0.1) is 0 Å². The number of sulfonamides is 1. The highest BCUT2D eigenvalue weighted by atomic mass is 32.2. The summed E-state index contributed by atoms with van der Waals surface area (Å²) >= 11 is 0. The van der Waals surface area contributed by atoms with E-state index in [-0.39, 0.29) is 22.3 Å². The Hall–Kier alpha value is -3.07. The summed E-state index contributed by atoms with van der Waals surface area (Å²) in [6.45, 7) is 3.59. The van der Waals surface area contributed by atoms with Gasteiger partial charge in [-0.3, -0.25) is 25.2 Å². The SMILES string of the molecule is CCC(C)C(=O)NNC(=O)c1cccc(S(=O)(=O)Nc2ccc(OC)cc2)c1. The maximum atomic E-state index is 12.6. The molecule has 2 amide bonds. The molecule has 2 rings (SSSR count). The Morgan fingerprint density at radius 1 is 1.07 bits per heavy atom. The first kappa shape index (κ1) is 21.2. The lowest BCUT2D eigenvalue weighted by Gasteiger charge is -2.12. The van der Waals surface area contributed by atoms with Crippen molar-refractivity contribution in [1.82, 2.24) is 10.9 Å². The second kappa shape index (κ2) is 9.23. The predicted octanol–water partition coefficient (Wildman–Crippen LogP) is 2.30. The molecule has 0 saturated heterocycles. The van der Waals surface area contributed by atoms with E-state index in [2.05, 4.69) is 15.6 Å². The van der Waals surface area contributed by atoms with E-state index in [4.69, 9.17) is 4.74 Å².